The number of carbonyl (C=O) groups is 2. The molecule has 180 valence electrons. The lowest BCUT2D eigenvalue weighted by molar-refractivity contribution is -0.140. The summed E-state index contributed by atoms with van der Waals surface area (Å²) in [5.74, 6) is -0.806. The van der Waals surface area contributed by atoms with Crippen molar-refractivity contribution in [1.82, 2.24) is 10.2 Å². The number of nitrogens with one attached hydrogen (secondary N) is 1. The van der Waals surface area contributed by atoms with Crippen molar-refractivity contribution in [3.63, 3.8) is 0 Å². The van der Waals surface area contributed by atoms with Crippen molar-refractivity contribution in [2.24, 2.45) is 0 Å². The van der Waals surface area contributed by atoms with Gasteiger partial charge >= 0.3 is 0 Å². The monoisotopic (exact) mass is 513 g/mol. The predicted molar refractivity (Wildman–Crippen MR) is 133 cm³/mol. The predicted octanol–water partition coefficient (Wildman–Crippen LogP) is 4.09. The van der Waals surface area contributed by atoms with Gasteiger partial charge in [-0.1, -0.05) is 61.3 Å². The van der Waals surface area contributed by atoms with E-state index in [4.69, 9.17) is 23.2 Å². The molecule has 10 heteroatoms. The number of para-hydroxylation sites is 1. The number of anilines is 1. The maximum absolute atomic E-state index is 13.5. The average Bonchev–Trinajstić information content (AvgIpc) is 2.77. The van der Waals surface area contributed by atoms with Gasteiger partial charge in [0.1, 0.15) is 12.6 Å². The van der Waals surface area contributed by atoms with Crippen LogP contribution in [-0.2, 0) is 26.2 Å². The third-order valence-corrected chi connectivity index (χ3v) is 6.70. The lowest BCUT2D eigenvalue weighted by Gasteiger charge is -2.33. The Balaban J connectivity index is 2.42. The summed E-state index contributed by atoms with van der Waals surface area (Å²) < 4.78 is 26.1. The quantitative estimate of drug-likeness (QED) is 0.490. The van der Waals surface area contributed by atoms with Gasteiger partial charge in [-0.25, -0.2) is 8.42 Å². The second-order valence-electron chi connectivity index (χ2n) is 7.58. The van der Waals surface area contributed by atoms with Gasteiger partial charge < -0.3 is 10.2 Å². The molecular weight excluding hydrogens is 485 g/mol. The van der Waals surface area contributed by atoms with Crippen LogP contribution in [-0.4, -0.2) is 50.5 Å². The molecule has 0 bridgehead atoms. The van der Waals surface area contributed by atoms with Gasteiger partial charge in [0.15, 0.2) is 0 Å². The largest absolute Gasteiger partial charge is 0.354 e. The summed E-state index contributed by atoms with van der Waals surface area (Å²) in [4.78, 5) is 27.8. The molecule has 1 N–H and O–H groups in total. The third-order valence-electron chi connectivity index (χ3n) is 5.00. The number of halogens is 2. The Bertz CT molecular complexity index is 1060. The number of sulfonamides is 1. The van der Waals surface area contributed by atoms with E-state index >= 15 is 0 Å². The Morgan fingerprint density at radius 2 is 1.67 bits per heavy atom. The van der Waals surface area contributed by atoms with Gasteiger partial charge in [-0.2, -0.15) is 0 Å². The van der Waals surface area contributed by atoms with E-state index in [1.54, 1.807) is 49.4 Å². The van der Waals surface area contributed by atoms with Crippen LogP contribution in [0.25, 0.3) is 0 Å². The molecule has 0 spiro atoms. The molecule has 0 aromatic heterocycles. The van der Waals surface area contributed by atoms with Crippen LogP contribution in [0.5, 0.6) is 0 Å². The topological polar surface area (TPSA) is 86.8 Å². The maximum Gasteiger partial charge on any atom is 0.244 e. The van der Waals surface area contributed by atoms with Gasteiger partial charge in [0.25, 0.3) is 0 Å². The fraction of sp³-hybridized carbons (Fsp3) is 0.391. The first kappa shape index (κ1) is 27.0. The van der Waals surface area contributed by atoms with Crippen LogP contribution in [0, 0.1) is 0 Å². The number of nitrogens with zero attached hydrogens (tertiary/aromatic N) is 2. The molecule has 2 aromatic rings. The normalized spacial score (nSPS) is 12.2. The second-order valence-corrected chi connectivity index (χ2v) is 10.3. The Kier molecular flexibility index (Phi) is 10.0. The van der Waals surface area contributed by atoms with Gasteiger partial charge in [-0.3, -0.25) is 13.9 Å². The van der Waals surface area contributed by atoms with Crippen molar-refractivity contribution in [2.75, 3.05) is 23.7 Å². The first-order valence-electron chi connectivity index (χ1n) is 10.6. The molecule has 33 heavy (non-hydrogen) atoms. The van der Waals surface area contributed by atoms with Gasteiger partial charge in [-0.05, 0) is 42.7 Å². The number of benzene rings is 2. The lowest BCUT2D eigenvalue weighted by atomic mass is 10.1. The first-order chi connectivity index (χ1) is 15.6. The zero-order valence-electron chi connectivity index (χ0n) is 18.9. The Hall–Kier alpha value is -2.29. The summed E-state index contributed by atoms with van der Waals surface area (Å²) in [5.41, 5.74) is 0.961. The molecule has 1 unspecified atom stereocenters. The molecule has 0 saturated heterocycles. The van der Waals surface area contributed by atoms with E-state index in [9.17, 15) is 18.0 Å². The summed E-state index contributed by atoms with van der Waals surface area (Å²) in [5, 5.41) is 3.58. The minimum absolute atomic E-state index is 0.119. The highest BCUT2D eigenvalue weighted by atomic mass is 35.5. The number of hydrogen-bond donors (Lipinski definition) is 1. The van der Waals surface area contributed by atoms with Gasteiger partial charge in [0.05, 0.1) is 17.0 Å². The molecule has 1 atom stereocenters. The molecule has 0 radical (unpaired) electrons. The van der Waals surface area contributed by atoms with E-state index in [1.807, 2.05) is 6.92 Å². The first-order valence-corrected chi connectivity index (χ1v) is 13.2. The van der Waals surface area contributed by atoms with Crippen molar-refractivity contribution >= 4 is 50.7 Å². The summed E-state index contributed by atoms with van der Waals surface area (Å²) in [6.45, 7) is 3.85. The fourth-order valence-electron chi connectivity index (χ4n) is 3.32. The molecule has 7 nitrogen and oxygen atoms in total. The molecule has 0 fully saturated rings. The van der Waals surface area contributed by atoms with Crippen LogP contribution in [0.2, 0.25) is 10.0 Å². The van der Waals surface area contributed by atoms with E-state index in [2.05, 4.69) is 5.32 Å². The van der Waals surface area contributed by atoms with Crippen LogP contribution in [0.3, 0.4) is 0 Å². The second kappa shape index (κ2) is 12.3. The zero-order chi connectivity index (χ0) is 24.6. The molecule has 2 aromatic carbocycles. The number of hydrogen-bond acceptors (Lipinski definition) is 4. The molecule has 0 saturated carbocycles. The van der Waals surface area contributed by atoms with Crippen molar-refractivity contribution < 1.29 is 18.0 Å². The highest BCUT2D eigenvalue weighted by molar-refractivity contribution is 7.92. The molecular formula is C23H29Cl2N3O4S. The third kappa shape index (κ3) is 7.62. The van der Waals surface area contributed by atoms with Gasteiger partial charge in [0.2, 0.25) is 21.8 Å². The number of rotatable bonds is 11. The average molecular weight is 514 g/mol. The van der Waals surface area contributed by atoms with E-state index in [1.165, 1.54) is 11.0 Å². The SMILES string of the molecule is CCCNC(=O)C(CC)N(Cc1ccc(Cl)cc1)C(=O)CN(c1ccccc1Cl)S(C)(=O)=O. The smallest absolute Gasteiger partial charge is 0.244 e. The fourth-order valence-corrected chi connectivity index (χ4v) is 4.60. The highest BCUT2D eigenvalue weighted by Crippen LogP contribution is 2.27. The number of carbonyl (C=O) groups excluding carboxylic acids is 2. The maximum atomic E-state index is 13.5. The zero-order valence-corrected chi connectivity index (χ0v) is 21.3. The van der Waals surface area contributed by atoms with Crippen LogP contribution < -0.4 is 9.62 Å². The molecule has 0 aliphatic heterocycles. The molecule has 0 heterocycles. The highest BCUT2D eigenvalue weighted by Gasteiger charge is 2.32. The van der Waals surface area contributed by atoms with Crippen LogP contribution in [0.1, 0.15) is 32.3 Å². The van der Waals surface area contributed by atoms with E-state index in [0.717, 1.165) is 22.5 Å². The summed E-state index contributed by atoms with van der Waals surface area (Å²) in [7, 11) is -3.83. The standard InChI is InChI=1S/C23H29Cl2N3O4S/c1-4-14-26-23(30)20(5-2)27(15-17-10-12-18(24)13-11-17)22(29)16-28(33(3,31)32)21-9-7-6-8-19(21)25/h6-13,20H,4-5,14-16H2,1-3H3,(H,26,30). The minimum Gasteiger partial charge on any atom is -0.354 e. The van der Waals surface area contributed by atoms with Gasteiger partial charge in [-0.15, -0.1) is 0 Å². The van der Waals surface area contributed by atoms with Crippen LogP contribution >= 0.6 is 23.2 Å². The lowest BCUT2D eigenvalue weighted by Crippen LogP contribution is -2.52. The van der Waals surface area contributed by atoms with Crippen LogP contribution in [0.15, 0.2) is 48.5 Å². The van der Waals surface area contributed by atoms with E-state index < -0.39 is 28.5 Å². The summed E-state index contributed by atoms with van der Waals surface area (Å²) in [6.07, 6.45) is 2.12. The van der Waals surface area contributed by atoms with Crippen molar-refractivity contribution in [3.05, 3.63) is 64.1 Å². The molecule has 2 amide bonds. The molecule has 0 aliphatic rings. The molecule has 0 aliphatic carbocycles. The van der Waals surface area contributed by atoms with Crippen molar-refractivity contribution in [2.45, 2.75) is 39.3 Å². The van der Waals surface area contributed by atoms with Gasteiger partial charge in [0, 0.05) is 18.1 Å². The molecule has 2 rings (SSSR count). The number of amides is 2. The van der Waals surface area contributed by atoms with Crippen molar-refractivity contribution in [1.29, 1.82) is 0 Å². The Labute approximate surface area is 205 Å². The summed E-state index contributed by atoms with van der Waals surface area (Å²) in [6, 6.07) is 12.6. The van der Waals surface area contributed by atoms with Crippen LogP contribution in [0.4, 0.5) is 5.69 Å². The van der Waals surface area contributed by atoms with Crippen molar-refractivity contribution in [3.8, 4) is 0 Å². The van der Waals surface area contributed by atoms with E-state index in [0.29, 0.717) is 18.0 Å². The Morgan fingerprint density at radius 1 is 1.03 bits per heavy atom. The van der Waals surface area contributed by atoms with E-state index in [-0.39, 0.29) is 23.2 Å². The summed E-state index contributed by atoms with van der Waals surface area (Å²) >= 11 is 12.2. The Morgan fingerprint density at radius 3 is 2.21 bits per heavy atom. The minimum atomic E-state index is -3.83.